The third kappa shape index (κ3) is 2.74. The second-order valence-corrected chi connectivity index (χ2v) is 5.58. The van der Waals surface area contributed by atoms with Crippen LogP contribution >= 0.6 is 0 Å². The van der Waals surface area contributed by atoms with Crippen molar-refractivity contribution in [1.29, 1.82) is 0 Å². The lowest BCUT2D eigenvalue weighted by Gasteiger charge is -2.02. The molecule has 0 radical (unpaired) electrons. The van der Waals surface area contributed by atoms with Crippen LogP contribution in [-0.4, -0.2) is 36.5 Å². The Morgan fingerprint density at radius 2 is 2.20 bits per heavy atom. The minimum Gasteiger partial charge on any atom is -0.382 e. The smallest absolute Gasteiger partial charge is 0.256 e. The molecular weight excluding hydrogens is 222 g/mol. The van der Waals surface area contributed by atoms with E-state index in [0.717, 1.165) is 6.26 Å². The van der Waals surface area contributed by atoms with Gasteiger partial charge in [0.15, 0.2) is 15.7 Å². The van der Waals surface area contributed by atoms with Crippen molar-refractivity contribution in [3.63, 3.8) is 0 Å². The third-order valence-corrected chi connectivity index (χ3v) is 3.47. The summed E-state index contributed by atoms with van der Waals surface area (Å²) in [6.07, 6.45) is 0.0191. The maximum absolute atomic E-state index is 11.2. The van der Waals surface area contributed by atoms with E-state index in [1.807, 2.05) is 0 Å². The van der Waals surface area contributed by atoms with Gasteiger partial charge in [-0.1, -0.05) is 5.16 Å². The van der Waals surface area contributed by atoms with E-state index >= 15 is 0 Å². The molecule has 1 aromatic heterocycles. The minimum absolute atomic E-state index is 0.0278. The first kappa shape index (κ1) is 12.1. The largest absolute Gasteiger partial charge is 0.382 e. The topological polar surface area (TPSA) is 119 Å². The summed E-state index contributed by atoms with van der Waals surface area (Å²) in [7, 11) is -3.27. The van der Waals surface area contributed by atoms with Gasteiger partial charge in [0.25, 0.3) is 5.89 Å². The molecule has 2 atom stereocenters. The molecule has 0 aliphatic rings. The van der Waals surface area contributed by atoms with Crippen LogP contribution in [0.2, 0.25) is 0 Å². The lowest BCUT2D eigenvalue weighted by Crippen LogP contribution is -2.13. The van der Waals surface area contributed by atoms with Crippen molar-refractivity contribution in [2.75, 3.05) is 12.8 Å². The molecule has 0 aromatic carbocycles. The monoisotopic (exact) mass is 235 g/mol. The number of aromatic nitrogens is 2. The quantitative estimate of drug-likeness (QED) is 0.698. The van der Waals surface area contributed by atoms with Crippen LogP contribution in [0, 0.1) is 0 Å². The number of aliphatic hydroxyl groups is 1. The van der Waals surface area contributed by atoms with Gasteiger partial charge >= 0.3 is 0 Å². The van der Waals surface area contributed by atoms with Gasteiger partial charge in [0.05, 0.1) is 0 Å². The van der Waals surface area contributed by atoms with Crippen LogP contribution < -0.4 is 5.73 Å². The molecule has 1 rings (SSSR count). The maximum atomic E-state index is 11.2. The van der Waals surface area contributed by atoms with Gasteiger partial charge in [0.1, 0.15) is 11.4 Å². The molecule has 0 saturated carbocycles. The van der Waals surface area contributed by atoms with Crippen LogP contribution in [-0.2, 0) is 9.84 Å². The molecule has 0 aliphatic heterocycles. The molecule has 1 heterocycles. The SMILES string of the molecule is CC(c1noc(C(O)CN)n1)S(C)(=O)=O. The summed E-state index contributed by atoms with van der Waals surface area (Å²) in [6.45, 7) is 1.38. The van der Waals surface area contributed by atoms with Crippen LogP contribution in [0.4, 0.5) is 0 Å². The van der Waals surface area contributed by atoms with Crippen molar-refractivity contribution >= 4 is 9.84 Å². The Labute approximate surface area is 87.2 Å². The summed E-state index contributed by atoms with van der Waals surface area (Å²) in [6, 6.07) is 0. The van der Waals surface area contributed by atoms with Gasteiger partial charge in [-0.2, -0.15) is 4.98 Å². The van der Waals surface area contributed by atoms with Crippen molar-refractivity contribution in [3.05, 3.63) is 11.7 Å². The molecule has 15 heavy (non-hydrogen) atoms. The second-order valence-electron chi connectivity index (χ2n) is 3.21. The zero-order valence-corrected chi connectivity index (χ0v) is 9.23. The van der Waals surface area contributed by atoms with E-state index in [0.29, 0.717) is 0 Å². The lowest BCUT2D eigenvalue weighted by molar-refractivity contribution is 0.141. The molecule has 0 spiro atoms. The minimum atomic E-state index is -3.27. The summed E-state index contributed by atoms with van der Waals surface area (Å²) in [5, 5.41) is 11.9. The maximum Gasteiger partial charge on any atom is 0.256 e. The number of rotatable bonds is 4. The molecule has 2 unspecified atom stereocenters. The highest BCUT2D eigenvalue weighted by Gasteiger charge is 2.24. The van der Waals surface area contributed by atoms with Crippen molar-refractivity contribution in [2.24, 2.45) is 5.73 Å². The van der Waals surface area contributed by atoms with E-state index in [9.17, 15) is 13.5 Å². The van der Waals surface area contributed by atoms with Crippen LogP contribution in [0.15, 0.2) is 4.52 Å². The van der Waals surface area contributed by atoms with E-state index in [-0.39, 0.29) is 18.3 Å². The average molecular weight is 235 g/mol. The molecule has 0 aliphatic carbocycles. The molecule has 86 valence electrons. The Morgan fingerprint density at radius 1 is 1.60 bits per heavy atom. The Balaban J connectivity index is 2.94. The van der Waals surface area contributed by atoms with Crippen molar-refractivity contribution in [2.45, 2.75) is 18.3 Å². The van der Waals surface area contributed by atoms with Gasteiger partial charge in [-0.25, -0.2) is 8.42 Å². The van der Waals surface area contributed by atoms with Crippen LogP contribution in [0.3, 0.4) is 0 Å². The molecule has 0 saturated heterocycles. The average Bonchev–Trinajstić information content (AvgIpc) is 2.62. The summed E-state index contributed by atoms with van der Waals surface area (Å²) in [5.41, 5.74) is 5.18. The van der Waals surface area contributed by atoms with Crippen LogP contribution in [0.5, 0.6) is 0 Å². The summed E-state index contributed by atoms with van der Waals surface area (Å²) in [4.78, 5) is 3.76. The number of aliphatic hydroxyl groups excluding tert-OH is 1. The number of sulfone groups is 1. The van der Waals surface area contributed by atoms with E-state index in [4.69, 9.17) is 5.73 Å². The highest BCUT2D eigenvalue weighted by atomic mass is 32.2. The Bertz CT molecular complexity index is 427. The number of hydrogen-bond donors (Lipinski definition) is 2. The molecule has 0 amide bonds. The second kappa shape index (κ2) is 4.25. The molecule has 8 heteroatoms. The van der Waals surface area contributed by atoms with Crippen molar-refractivity contribution < 1.29 is 18.0 Å². The molecule has 3 N–H and O–H groups in total. The first-order chi connectivity index (χ1) is 6.86. The van der Waals surface area contributed by atoms with Crippen molar-refractivity contribution in [3.8, 4) is 0 Å². The Morgan fingerprint density at radius 3 is 2.67 bits per heavy atom. The fraction of sp³-hybridized carbons (Fsp3) is 0.714. The molecule has 7 nitrogen and oxygen atoms in total. The fourth-order valence-electron chi connectivity index (χ4n) is 0.840. The van der Waals surface area contributed by atoms with Gasteiger partial charge < -0.3 is 15.4 Å². The van der Waals surface area contributed by atoms with Gasteiger partial charge in [0, 0.05) is 12.8 Å². The Kier molecular flexibility index (Phi) is 3.42. The van der Waals surface area contributed by atoms with E-state index < -0.39 is 21.2 Å². The van der Waals surface area contributed by atoms with Crippen LogP contribution in [0.1, 0.15) is 30.0 Å². The highest BCUT2D eigenvalue weighted by molar-refractivity contribution is 7.90. The first-order valence-electron chi connectivity index (χ1n) is 4.26. The predicted octanol–water partition coefficient (Wildman–Crippen LogP) is -0.833. The van der Waals surface area contributed by atoms with E-state index in [1.165, 1.54) is 6.92 Å². The van der Waals surface area contributed by atoms with E-state index in [1.54, 1.807) is 0 Å². The summed E-state index contributed by atoms with van der Waals surface area (Å²) in [5.74, 6) is -0.0389. The van der Waals surface area contributed by atoms with Gasteiger partial charge in [-0.3, -0.25) is 0 Å². The third-order valence-electron chi connectivity index (χ3n) is 1.97. The van der Waals surface area contributed by atoms with Crippen LogP contribution in [0.25, 0.3) is 0 Å². The van der Waals surface area contributed by atoms with Crippen molar-refractivity contribution in [1.82, 2.24) is 10.1 Å². The summed E-state index contributed by atoms with van der Waals surface area (Å²) < 4.78 is 27.0. The standard InChI is InChI=1S/C7H13N3O4S/c1-4(15(2,12)13)6-9-7(14-10-6)5(11)3-8/h4-5,11H,3,8H2,1-2H3. The van der Waals surface area contributed by atoms with Gasteiger partial charge in [0.2, 0.25) is 0 Å². The fourth-order valence-corrected chi connectivity index (χ4v) is 1.32. The predicted molar refractivity (Wildman–Crippen MR) is 51.6 cm³/mol. The molecule has 1 aromatic rings. The number of nitrogens with zero attached hydrogens (tertiary/aromatic N) is 2. The zero-order chi connectivity index (χ0) is 11.6. The lowest BCUT2D eigenvalue weighted by atomic mass is 10.3. The van der Waals surface area contributed by atoms with Gasteiger partial charge in [-0.15, -0.1) is 0 Å². The normalized spacial score (nSPS) is 16.3. The molecule has 0 bridgehead atoms. The number of nitrogens with two attached hydrogens (primary N) is 1. The number of hydrogen-bond acceptors (Lipinski definition) is 7. The van der Waals surface area contributed by atoms with Gasteiger partial charge in [-0.05, 0) is 6.92 Å². The zero-order valence-electron chi connectivity index (χ0n) is 8.41. The molecule has 0 fully saturated rings. The highest BCUT2D eigenvalue weighted by Crippen LogP contribution is 2.19. The first-order valence-corrected chi connectivity index (χ1v) is 6.22. The summed E-state index contributed by atoms with van der Waals surface area (Å²) >= 11 is 0. The Hall–Kier alpha value is -0.990. The molecular formula is C7H13N3O4S. The van der Waals surface area contributed by atoms with E-state index in [2.05, 4.69) is 14.7 Å².